The Bertz CT molecular complexity index is 1010. The van der Waals surface area contributed by atoms with Crippen molar-refractivity contribution in [1.82, 2.24) is 15.1 Å². The van der Waals surface area contributed by atoms with E-state index >= 15 is 0 Å². The molecule has 1 saturated heterocycles. The molecule has 162 valence electrons. The van der Waals surface area contributed by atoms with Crippen molar-refractivity contribution >= 4 is 15.9 Å². The zero-order chi connectivity index (χ0) is 21.9. The topological polar surface area (TPSA) is 108 Å². The third-order valence-electron chi connectivity index (χ3n) is 5.33. The largest absolute Gasteiger partial charge is 0.489 e. The van der Waals surface area contributed by atoms with Gasteiger partial charge in [0.1, 0.15) is 18.4 Å². The molecule has 0 saturated carbocycles. The van der Waals surface area contributed by atoms with E-state index < -0.39 is 27.5 Å². The van der Waals surface area contributed by atoms with E-state index in [0.29, 0.717) is 18.9 Å². The maximum Gasteiger partial charge on any atom is 0.263 e. The molecule has 3 N–H and O–H groups in total. The maximum absolute atomic E-state index is 13.2. The Labute approximate surface area is 176 Å². The Hall–Kier alpha value is -2.46. The minimum absolute atomic E-state index is 0.0548. The number of amides is 1. The summed E-state index contributed by atoms with van der Waals surface area (Å²) in [7, 11) is -3.96. The SMILES string of the molecule is Cc1ccccc1COc1ccc(S(=O)(=O)N2CCNC(C)(C)C2C(=O)NO)cc1. The van der Waals surface area contributed by atoms with Gasteiger partial charge in [-0.25, -0.2) is 13.9 Å². The number of aryl methyl sites for hydroxylation is 1. The predicted octanol–water partition coefficient (Wildman–Crippen LogP) is 1.82. The van der Waals surface area contributed by atoms with Gasteiger partial charge in [-0.2, -0.15) is 4.31 Å². The van der Waals surface area contributed by atoms with Crippen LogP contribution in [0.25, 0.3) is 0 Å². The average molecular weight is 434 g/mol. The minimum Gasteiger partial charge on any atom is -0.489 e. The van der Waals surface area contributed by atoms with Crippen molar-refractivity contribution in [2.75, 3.05) is 13.1 Å². The van der Waals surface area contributed by atoms with E-state index in [-0.39, 0.29) is 11.4 Å². The lowest BCUT2D eigenvalue weighted by atomic mass is 9.92. The van der Waals surface area contributed by atoms with Crippen LogP contribution in [-0.2, 0) is 21.4 Å². The van der Waals surface area contributed by atoms with Gasteiger partial charge in [0.2, 0.25) is 10.0 Å². The van der Waals surface area contributed by atoms with Crippen LogP contribution in [0.5, 0.6) is 5.75 Å². The monoisotopic (exact) mass is 433 g/mol. The van der Waals surface area contributed by atoms with Gasteiger partial charge in [-0.3, -0.25) is 10.0 Å². The van der Waals surface area contributed by atoms with Crippen molar-refractivity contribution in [3.8, 4) is 5.75 Å². The van der Waals surface area contributed by atoms with Crippen molar-refractivity contribution in [2.24, 2.45) is 0 Å². The van der Waals surface area contributed by atoms with Gasteiger partial charge < -0.3 is 10.1 Å². The molecule has 0 bridgehead atoms. The molecular weight excluding hydrogens is 406 g/mol. The second-order valence-electron chi connectivity index (χ2n) is 7.83. The Balaban J connectivity index is 1.80. The summed E-state index contributed by atoms with van der Waals surface area (Å²) in [5.74, 6) is -0.239. The zero-order valence-electron chi connectivity index (χ0n) is 17.3. The van der Waals surface area contributed by atoms with Gasteiger partial charge in [0, 0.05) is 18.6 Å². The lowest BCUT2D eigenvalue weighted by Crippen LogP contribution is -2.69. The normalized spacial score (nSPS) is 19.3. The van der Waals surface area contributed by atoms with Crippen molar-refractivity contribution in [2.45, 2.75) is 43.9 Å². The first-order chi connectivity index (χ1) is 14.2. The first kappa shape index (κ1) is 22.2. The highest BCUT2D eigenvalue weighted by Gasteiger charge is 2.47. The van der Waals surface area contributed by atoms with E-state index in [1.807, 2.05) is 31.2 Å². The fourth-order valence-electron chi connectivity index (χ4n) is 3.63. The quantitative estimate of drug-likeness (QED) is 0.474. The second-order valence-corrected chi connectivity index (χ2v) is 9.72. The van der Waals surface area contributed by atoms with Crippen LogP contribution < -0.4 is 15.5 Å². The zero-order valence-corrected chi connectivity index (χ0v) is 18.1. The van der Waals surface area contributed by atoms with E-state index in [4.69, 9.17) is 9.94 Å². The molecule has 2 aromatic rings. The molecule has 3 rings (SSSR count). The number of rotatable bonds is 6. The van der Waals surface area contributed by atoms with Gasteiger partial charge in [-0.1, -0.05) is 24.3 Å². The van der Waals surface area contributed by atoms with Crippen LogP contribution >= 0.6 is 0 Å². The number of hydrogen-bond acceptors (Lipinski definition) is 6. The number of sulfonamides is 1. The van der Waals surface area contributed by atoms with Gasteiger partial charge in [0.15, 0.2) is 0 Å². The summed E-state index contributed by atoms with van der Waals surface area (Å²) in [5, 5.41) is 12.2. The number of piperazine rings is 1. The number of ether oxygens (including phenoxy) is 1. The Morgan fingerprint density at radius 3 is 2.53 bits per heavy atom. The van der Waals surface area contributed by atoms with Gasteiger partial charge in [-0.15, -0.1) is 0 Å². The molecule has 1 aliphatic rings. The molecular formula is C21H27N3O5S. The van der Waals surface area contributed by atoms with Gasteiger partial charge >= 0.3 is 0 Å². The summed E-state index contributed by atoms with van der Waals surface area (Å²) >= 11 is 0. The van der Waals surface area contributed by atoms with E-state index in [1.165, 1.54) is 12.1 Å². The van der Waals surface area contributed by atoms with Crippen molar-refractivity contribution in [3.63, 3.8) is 0 Å². The molecule has 9 heteroatoms. The van der Waals surface area contributed by atoms with Gasteiger partial charge in [-0.05, 0) is 56.2 Å². The molecule has 1 unspecified atom stereocenters. The molecule has 1 amide bonds. The molecule has 0 aliphatic carbocycles. The minimum atomic E-state index is -3.96. The first-order valence-corrected chi connectivity index (χ1v) is 11.1. The van der Waals surface area contributed by atoms with Crippen LogP contribution in [0.3, 0.4) is 0 Å². The first-order valence-electron chi connectivity index (χ1n) is 9.65. The summed E-state index contributed by atoms with van der Waals surface area (Å²) in [6, 6.07) is 12.9. The molecule has 0 radical (unpaired) electrons. The molecule has 1 heterocycles. The van der Waals surface area contributed by atoms with E-state index in [2.05, 4.69) is 5.32 Å². The van der Waals surface area contributed by atoms with Crippen LogP contribution in [0, 0.1) is 6.92 Å². The fourth-order valence-corrected chi connectivity index (χ4v) is 5.35. The smallest absolute Gasteiger partial charge is 0.263 e. The van der Waals surface area contributed by atoms with Gasteiger partial charge in [0.05, 0.1) is 4.90 Å². The van der Waals surface area contributed by atoms with Crippen LogP contribution in [0.2, 0.25) is 0 Å². The second kappa shape index (κ2) is 8.73. The molecule has 1 aliphatic heterocycles. The summed E-state index contributed by atoms with van der Waals surface area (Å²) < 4.78 is 33.4. The number of hydroxylamine groups is 1. The van der Waals surface area contributed by atoms with Crippen LogP contribution in [0.1, 0.15) is 25.0 Å². The predicted molar refractivity (Wildman–Crippen MR) is 112 cm³/mol. The van der Waals surface area contributed by atoms with Crippen LogP contribution in [0.4, 0.5) is 0 Å². The van der Waals surface area contributed by atoms with Crippen LogP contribution in [-0.4, -0.2) is 48.5 Å². The molecule has 1 fully saturated rings. The maximum atomic E-state index is 13.2. The third-order valence-corrected chi connectivity index (χ3v) is 7.21. The lowest BCUT2D eigenvalue weighted by molar-refractivity contribution is -0.136. The molecule has 8 nitrogen and oxygen atoms in total. The van der Waals surface area contributed by atoms with E-state index in [1.54, 1.807) is 31.5 Å². The summed E-state index contributed by atoms with van der Waals surface area (Å²) in [5.41, 5.74) is 2.90. The van der Waals surface area contributed by atoms with Crippen molar-refractivity contribution in [1.29, 1.82) is 0 Å². The molecule has 1 atom stereocenters. The lowest BCUT2D eigenvalue weighted by Gasteiger charge is -2.44. The highest BCUT2D eigenvalue weighted by atomic mass is 32.2. The molecule has 0 aromatic heterocycles. The Morgan fingerprint density at radius 2 is 1.90 bits per heavy atom. The molecule has 30 heavy (non-hydrogen) atoms. The number of carbonyl (C=O) groups is 1. The Kier molecular flexibility index (Phi) is 6.47. The average Bonchev–Trinajstić information content (AvgIpc) is 2.72. The molecule has 2 aromatic carbocycles. The number of nitrogens with one attached hydrogen (secondary N) is 2. The standard InChI is InChI=1S/C21H27N3O5S/c1-15-6-4-5-7-16(15)14-29-17-8-10-18(11-9-17)30(27,28)24-13-12-22-21(2,3)19(24)20(25)23-26/h4-11,19,22,26H,12-14H2,1-3H3,(H,23,25). The fraction of sp³-hybridized carbons (Fsp3) is 0.381. The van der Waals surface area contributed by atoms with E-state index in [9.17, 15) is 13.2 Å². The Morgan fingerprint density at radius 1 is 1.23 bits per heavy atom. The summed E-state index contributed by atoms with van der Waals surface area (Å²) in [6.07, 6.45) is 0. The highest BCUT2D eigenvalue weighted by molar-refractivity contribution is 7.89. The number of benzene rings is 2. The van der Waals surface area contributed by atoms with Crippen molar-refractivity contribution < 1.29 is 23.2 Å². The third kappa shape index (κ3) is 4.49. The van der Waals surface area contributed by atoms with Gasteiger partial charge in [0.25, 0.3) is 5.91 Å². The molecule has 0 spiro atoms. The van der Waals surface area contributed by atoms with Crippen molar-refractivity contribution in [3.05, 3.63) is 59.7 Å². The number of nitrogens with zero attached hydrogens (tertiary/aromatic N) is 1. The highest BCUT2D eigenvalue weighted by Crippen LogP contribution is 2.28. The summed E-state index contributed by atoms with van der Waals surface area (Å²) in [4.78, 5) is 12.3. The summed E-state index contributed by atoms with van der Waals surface area (Å²) in [6.45, 7) is 6.31. The van der Waals surface area contributed by atoms with E-state index in [0.717, 1.165) is 15.4 Å². The number of hydrogen-bond donors (Lipinski definition) is 3. The number of carbonyl (C=O) groups excluding carboxylic acids is 1. The van der Waals surface area contributed by atoms with Crippen LogP contribution in [0.15, 0.2) is 53.4 Å².